The summed E-state index contributed by atoms with van der Waals surface area (Å²) in [5, 5.41) is 7.73. The highest BCUT2D eigenvalue weighted by Crippen LogP contribution is 2.16. The molecule has 0 saturated heterocycles. The van der Waals surface area contributed by atoms with Gasteiger partial charge in [0, 0.05) is 12.4 Å². The van der Waals surface area contributed by atoms with E-state index in [0.717, 1.165) is 12.0 Å². The molecule has 1 unspecified atom stereocenters. The van der Waals surface area contributed by atoms with Crippen molar-refractivity contribution < 1.29 is 8.42 Å². The molecule has 24 heavy (non-hydrogen) atoms. The number of H-pyrrole nitrogens is 1. The van der Waals surface area contributed by atoms with E-state index in [1.54, 1.807) is 37.4 Å². The molecule has 126 valence electrons. The number of fused-ring (bicyclic) bond motifs is 1. The SMILES string of the molecule is CCc1ccc(S(=O)(=O)NC(C)c2nnc3c(=O)[nH]ccn23)cc1. The number of sulfonamides is 1. The molecule has 3 aromatic rings. The molecule has 0 amide bonds. The molecule has 0 spiro atoms. The lowest BCUT2D eigenvalue weighted by molar-refractivity contribution is 0.558. The molecule has 0 aliphatic carbocycles. The fraction of sp³-hybridized carbons (Fsp3) is 0.267. The van der Waals surface area contributed by atoms with Crippen molar-refractivity contribution in [3.8, 4) is 0 Å². The summed E-state index contributed by atoms with van der Waals surface area (Å²) in [5.41, 5.74) is 0.789. The van der Waals surface area contributed by atoms with E-state index in [4.69, 9.17) is 0 Å². The summed E-state index contributed by atoms with van der Waals surface area (Å²) in [5.74, 6) is 0.338. The minimum absolute atomic E-state index is 0.117. The average Bonchev–Trinajstić information content (AvgIpc) is 3.00. The van der Waals surface area contributed by atoms with Gasteiger partial charge >= 0.3 is 0 Å². The van der Waals surface area contributed by atoms with Gasteiger partial charge in [-0.05, 0) is 31.0 Å². The maximum Gasteiger partial charge on any atom is 0.293 e. The zero-order valence-corrected chi connectivity index (χ0v) is 14.0. The van der Waals surface area contributed by atoms with E-state index in [2.05, 4.69) is 19.9 Å². The largest absolute Gasteiger partial charge is 0.324 e. The predicted molar refractivity (Wildman–Crippen MR) is 88.2 cm³/mol. The van der Waals surface area contributed by atoms with Gasteiger partial charge < -0.3 is 4.98 Å². The number of hydrogen-bond acceptors (Lipinski definition) is 5. The molecule has 0 bridgehead atoms. The van der Waals surface area contributed by atoms with Crippen molar-refractivity contribution in [2.24, 2.45) is 0 Å². The molecule has 1 atom stereocenters. The molecule has 9 heteroatoms. The maximum absolute atomic E-state index is 12.5. The van der Waals surface area contributed by atoms with E-state index in [1.165, 1.54) is 10.6 Å². The Kier molecular flexibility index (Phi) is 4.20. The molecule has 3 rings (SSSR count). The Labute approximate surface area is 138 Å². The first-order chi connectivity index (χ1) is 11.4. The number of rotatable bonds is 5. The van der Waals surface area contributed by atoms with Gasteiger partial charge in [-0.2, -0.15) is 0 Å². The van der Waals surface area contributed by atoms with Crippen LogP contribution in [0.2, 0.25) is 0 Å². The number of aromatic nitrogens is 4. The highest BCUT2D eigenvalue weighted by Gasteiger charge is 2.22. The molecule has 2 N–H and O–H groups in total. The highest BCUT2D eigenvalue weighted by atomic mass is 32.2. The van der Waals surface area contributed by atoms with Crippen LogP contribution in [-0.2, 0) is 16.4 Å². The summed E-state index contributed by atoms with van der Waals surface area (Å²) in [4.78, 5) is 14.3. The van der Waals surface area contributed by atoms with Crippen molar-refractivity contribution in [1.29, 1.82) is 0 Å². The Bertz CT molecular complexity index is 1020. The number of benzene rings is 1. The van der Waals surface area contributed by atoms with E-state index < -0.39 is 16.1 Å². The third-order valence-electron chi connectivity index (χ3n) is 3.72. The Morgan fingerprint density at radius 3 is 2.62 bits per heavy atom. The summed E-state index contributed by atoms with van der Waals surface area (Å²) in [6.07, 6.45) is 3.87. The number of nitrogens with one attached hydrogen (secondary N) is 2. The quantitative estimate of drug-likeness (QED) is 0.716. The first kappa shape index (κ1) is 16.3. The average molecular weight is 347 g/mol. The van der Waals surface area contributed by atoms with Crippen molar-refractivity contribution in [2.45, 2.75) is 31.2 Å². The topological polar surface area (TPSA) is 109 Å². The maximum atomic E-state index is 12.5. The minimum atomic E-state index is -3.71. The van der Waals surface area contributed by atoms with Gasteiger partial charge in [-0.25, -0.2) is 13.1 Å². The van der Waals surface area contributed by atoms with E-state index >= 15 is 0 Å². The van der Waals surface area contributed by atoms with Gasteiger partial charge in [0.25, 0.3) is 5.56 Å². The molecule has 2 heterocycles. The molecule has 0 radical (unpaired) electrons. The molecule has 1 aromatic carbocycles. The van der Waals surface area contributed by atoms with Gasteiger partial charge in [-0.15, -0.1) is 10.2 Å². The van der Waals surface area contributed by atoms with Gasteiger partial charge in [0.15, 0.2) is 5.82 Å². The van der Waals surface area contributed by atoms with Crippen LogP contribution in [0.5, 0.6) is 0 Å². The Morgan fingerprint density at radius 1 is 1.25 bits per heavy atom. The molecule has 0 aliphatic heterocycles. The van der Waals surface area contributed by atoms with Gasteiger partial charge in [0.1, 0.15) is 0 Å². The minimum Gasteiger partial charge on any atom is -0.324 e. The molecule has 8 nitrogen and oxygen atoms in total. The second kappa shape index (κ2) is 6.17. The second-order valence-corrected chi connectivity index (χ2v) is 7.10. The van der Waals surface area contributed by atoms with Crippen LogP contribution in [0.15, 0.2) is 46.3 Å². The van der Waals surface area contributed by atoms with Crippen LogP contribution >= 0.6 is 0 Å². The normalized spacial score (nSPS) is 13.2. The fourth-order valence-electron chi connectivity index (χ4n) is 2.41. The smallest absolute Gasteiger partial charge is 0.293 e. The van der Waals surface area contributed by atoms with Crippen molar-refractivity contribution in [2.75, 3.05) is 0 Å². The third kappa shape index (κ3) is 2.95. The molecule has 0 saturated carbocycles. The first-order valence-electron chi connectivity index (χ1n) is 7.46. The molecular formula is C15H17N5O3S. The second-order valence-electron chi connectivity index (χ2n) is 5.38. The van der Waals surface area contributed by atoms with Gasteiger partial charge in [-0.3, -0.25) is 9.20 Å². The van der Waals surface area contributed by atoms with Crippen LogP contribution < -0.4 is 10.3 Å². The first-order valence-corrected chi connectivity index (χ1v) is 8.94. The molecule has 0 aliphatic rings. The molecule has 0 fully saturated rings. The van der Waals surface area contributed by atoms with E-state index in [1.807, 2.05) is 6.92 Å². The van der Waals surface area contributed by atoms with E-state index in [9.17, 15) is 13.2 Å². The number of aryl methyl sites for hydroxylation is 1. The van der Waals surface area contributed by atoms with Gasteiger partial charge in [-0.1, -0.05) is 19.1 Å². The van der Waals surface area contributed by atoms with Gasteiger partial charge in [0.05, 0.1) is 10.9 Å². The van der Waals surface area contributed by atoms with E-state index in [0.29, 0.717) is 5.82 Å². The fourth-order valence-corrected chi connectivity index (χ4v) is 3.61. The van der Waals surface area contributed by atoms with Crippen LogP contribution in [0, 0.1) is 0 Å². The highest BCUT2D eigenvalue weighted by molar-refractivity contribution is 7.89. The van der Waals surface area contributed by atoms with Crippen LogP contribution in [0.3, 0.4) is 0 Å². The lowest BCUT2D eigenvalue weighted by atomic mass is 10.2. The van der Waals surface area contributed by atoms with Crippen LogP contribution in [0.1, 0.15) is 31.3 Å². The lowest BCUT2D eigenvalue weighted by Crippen LogP contribution is -2.28. The number of aromatic amines is 1. The Balaban J connectivity index is 1.90. The zero-order chi connectivity index (χ0) is 17.3. The summed E-state index contributed by atoms with van der Waals surface area (Å²) in [6.45, 7) is 3.65. The van der Waals surface area contributed by atoms with Crippen LogP contribution in [0.4, 0.5) is 0 Å². The summed E-state index contributed by atoms with van der Waals surface area (Å²) in [7, 11) is -3.71. The van der Waals surface area contributed by atoms with E-state index in [-0.39, 0.29) is 16.1 Å². The van der Waals surface area contributed by atoms with Crippen molar-refractivity contribution in [1.82, 2.24) is 24.3 Å². The lowest BCUT2D eigenvalue weighted by Gasteiger charge is -2.13. The Hall–Kier alpha value is -2.52. The molecule has 2 aromatic heterocycles. The monoisotopic (exact) mass is 347 g/mol. The van der Waals surface area contributed by atoms with Crippen molar-refractivity contribution >= 4 is 15.7 Å². The van der Waals surface area contributed by atoms with Crippen molar-refractivity contribution in [3.05, 3.63) is 58.4 Å². The van der Waals surface area contributed by atoms with Gasteiger partial charge in [0.2, 0.25) is 15.7 Å². The summed E-state index contributed by atoms with van der Waals surface area (Å²) >= 11 is 0. The Morgan fingerprint density at radius 2 is 1.96 bits per heavy atom. The third-order valence-corrected chi connectivity index (χ3v) is 5.28. The van der Waals surface area contributed by atoms with Crippen LogP contribution in [0.25, 0.3) is 5.65 Å². The predicted octanol–water partition coefficient (Wildman–Crippen LogP) is 1.02. The standard InChI is InChI=1S/C15H17N5O3S/c1-3-11-4-6-12(7-5-11)24(22,23)19-10(2)13-17-18-14-15(21)16-8-9-20(13)14/h4-10,19H,3H2,1-2H3,(H,16,21). The van der Waals surface area contributed by atoms with Crippen molar-refractivity contribution in [3.63, 3.8) is 0 Å². The zero-order valence-electron chi connectivity index (χ0n) is 13.2. The number of hydrogen-bond donors (Lipinski definition) is 2. The molecular weight excluding hydrogens is 330 g/mol. The van der Waals surface area contributed by atoms with Crippen LogP contribution in [-0.4, -0.2) is 28.0 Å². The number of nitrogens with zero attached hydrogens (tertiary/aromatic N) is 3. The summed E-state index contributed by atoms with van der Waals surface area (Å²) < 4.78 is 29.0. The summed E-state index contributed by atoms with van der Waals surface area (Å²) in [6, 6.07) is 6.05.